The van der Waals surface area contributed by atoms with Crippen LogP contribution in [0.2, 0.25) is 0 Å². The van der Waals surface area contributed by atoms with Crippen molar-refractivity contribution in [2.24, 2.45) is 10.7 Å². The number of aromatic nitrogens is 1. The molecule has 2 aliphatic heterocycles. The molecule has 0 bridgehead atoms. The van der Waals surface area contributed by atoms with Crippen LogP contribution in [0.25, 0.3) is 11.1 Å². The summed E-state index contributed by atoms with van der Waals surface area (Å²) < 4.78 is 11.8. The van der Waals surface area contributed by atoms with Gasteiger partial charge in [-0.2, -0.15) is 0 Å². The molecule has 3 aromatic rings. The third kappa shape index (κ3) is 3.23. The van der Waals surface area contributed by atoms with Crippen molar-refractivity contribution in [2.75, 3.05) is 6.61 Å². The molecule has 31 heavy (non-hydrogen) atoms. The fourth-order valence-corrected chi connectivity index (χ4v) is 4.18. The predicted molar refractivity (Wildman–Crippen MR) is 115 cm³/mol. The molecule has 1 aromatic heterocycles. The van der Waals surface area contributed by atoms with Crippen molar-refractivity contribution in [3.05, 3.63) is 77.6 Å². The van der Waals surface area contributed by atoms with E-state index in [4.69, 9.17) is 15.2 Å². The third-order valence-corrected chi connectivity index (χ3v) is 5.68. The molecule has 0 radical (unpaired) electrons. The number of aliphatic hydroxyl groups excluding tert-OH is 1. The van der Waals surface area contributed by atoms with Crippen LogP contribution in [0.15, 0.2) is 65.9 Å². The molecule has 3 heterocycles. The molecule has 2 atom stereocenters. The molecule has 0 amide bonds. The van der Waals surface area contributed by atoms with E-state index < -0.39 is 11.6 Å². The number of ketones is 1. The highest BCUT2D eigenvalue weighted by Gasteiger charge is 2.47. The first-order chi connectivity index (χ1) is 15.0. The van der Waals surface area contributed by atoms with Gasteiger partial charge in [-0.25, -0.2) is 4.99 Å². The summed E-state index contributed by atoms with van der Waals surface area (Å²) in [4.78, 5) is 20.4. The Balaban J connectivity index is 1.67. The average molecular weight is 415 g/mol. The molecule has 5 rings (SSSR count). The second kappa shape index (κ2) is 7.21. The number of hydrogen-bond acceptors (Lipinski definition) is 7. The van der Waals surface area contributed by atoms with Crippen LogP contribution in [0, 0.1) is 0 Å². The molecule has 0 saturated carbocycles. The van der Waals surface area contributed by atoms with Gasteiger partial charge in [-0.3, -0.25) is 9.78 Å². The van der Waals surface area contributed by atoms with E-state index >= 15 is 0 Å². The third-order valence-electron chi connectivity index (χ3n) is 5.68. The van der Waals surface area contributed by atoms with Crippen LogP contribution in [-0.4, -0.2) is 28.5 Å². The fraction of sp³-hybridized carbons (Fsp3) is 0.208. The van der Waals surface area contributed by atoms with E-state index in [2.05, 4.69) is 9.98 Å². The summed E-state index contributed by atoms with van der Waals surface area (Å²) in [6.45, 7) is 1.67. The molecule has 7 nitrogen and oxygen atoms in total. The highest BCUT2D eigenvalue weighted by Crippen LogP contribution is 2.52. The van der Waals surface area contributed by atoms with E-state index in [1.165, 1.54) is 6.92 Å². The monoisotopic (exact) mass is 415 g/mol. The minimum atomic E-state index is -0.911. The van der Waals surface area contributed by atoms with Crippen LogP contribution in [0.4, 0.5) is 0 Å². The topological polar surface area (TPSA) is 107 Å². The van der Waals surface area contributed by atoms with Crippen LogP contribution in [0.5, 0.6) is 11.5 Å². The first kappa shape index (κ1) is 19.3. The number of carbonyl (C=O) groups is 1. The largest absolute Gasteiger partial charge is 0.462 e. The Kier molecular flexibility index (Phi) is 4.48. The van der Waals surface area contributed by atoms with Crippen LogP contribution in [0.3, 0.4) is 0 Å². The van der Waals surface area contributed by atoms with Crippen molar-refractivity contribution in [3.8, 4) is 22.6 Å². The van der Waals surface area contributed by atoms with Gasteiger partial charge in [0.05, 0.1) is 6.10 Å². The number of fused-ring (bicyclic) bond motifs is 4. The maximum Gasteiger partial charge on any atom is 0.283 e. The van der Waals surface area contributed by atoms with E-state index in [1.54, 1.807) is 24.5 Å². The summed E-state index contributed by atoms with van der Waals surface area (Å²) in [5.74, 6) is 1.19. The van der Waals surface area contributed by atoms with E-state index in [0.29, 0.717) is 17.1 Å². The predicted octanol–water partition coefficient (Wildman–Crippen LogP) is 3.46. The summed E-state index contributed by atoms with van der Waals surface area (Å²) in [5.41, 5.74) is 9.15. The molecule has 0 fully saturated rings. The molecule has 3 N–H and O–H groups in total. The smallest absolute Gasteiger partial charge is 0.283 e. The first-order valence-corrected chi connectivity index (χ1v) is 9.99. The van der Waals surface area contributed by atoms with Crippen LogP contribution in [0.1, 0.15) is 36.1 Å². The van der Waals surface area contributed by atoms with E-state index in [0.717, 1.165) is 22.3 Å². The van der Waals surface area contributed by atoms with Gasteiger partial charge in [0, 0.05) is 35.5 Å². The van der Waals surface area contributed by atoms with Gasteiger partial charge in [0.15, 0.2) is 5.54 Å². The van der Waals surface area contributed by atoms with Gasteiger partial charge in [-0.1, -0.05) is 18.2 Å². The average Bonchev–Trinajstić information content (AvgIpc) is 3.16. The second-order valence-electron chi connectivity index (χ2n) is 7.83. The second-order valence-corrected chi connectivity index (χ2v) is 7.83. The maximum absolute atomic E-state index is 11.5. The van der Waals surface area contributed by atoms with Crippen molar-refractivity contribution >= 4 is 11.8 Å². The molecule has 2 aromatic carbocycles. The molecular weight excluding hydrogens is 394 g/mol. The summed E-state index contributed by atoms with van der Waals surface area (Å²) >= 11 is 0. The molecule has 2 aliphatic rings. The number of nitrogens with zero attached hydrogens (tertiary/aromatic N) is 2. The Bertz CT molecular complexity index is 1210. The Morgan fingerprint density at radius 2 is 1.94 bits per heavy atom. The lowest BCUT2D eigenvalue weighted by Crippen LogP contribution is -2.31. The zero-order valence-corrected chi connectivity index (χ0v) is 16.9. The number of nitrogens with two attached hydrogens (primary N) is 1. The number of rotatable bonds is 4. The summed E-state index contributed by atoms with van der Waals surface area (Å²) in [6, 6.07) is 15.2. The first-order valence-electron chi connectivity index (χ1n) is 9.99. The number of amidine groups is 1. The molecule has 1 unspecified atom stereocenters. The van der Waals surface area contributed by atoms with Gasteiger partial charge < -0.3 is 20.3 Å². The van der Waals surface area contributed by atoms with Crippen LogP contribution < -0.4 is 10.5 Å². The zero-order valence-electron chi connectivity index (χ0n) is 16.9. The lowest BCUT2D eigenvalue weighted by molar-refractivity contribution is -0.118. The highest BCUT2D eigenvalue weighted by atomic mass is 16.5. The van der Waals surface area contributed by atoms with Gasteiger partial charge in [0.25, 0.3) is 6.02 Å². The standard InChI is InChI=1S/C24H21N3O4/c1-14(28)9-20(29)16-5-7-22-19(11-16)24(13-30-23(25)27-24)18-10-15(4-6-21(18)31-22)17-3-2-8-26-12-17/h2-8,10-12,20,29H,9,13H2,1H3,(H2,25,27)/t20-,24?/m0/s1. The number of Topliss-reactive ketones (excluding diaryl/α,β-unsaturated/α-hetero) is 1. The Hall–Kier alpha value is -3.71. The lowest BCUT2D eigenvalue weighted by Gasteiger charge is -2.34. The quantitative estimate of drug-likeness (QED) is 0.676. The van der Waals surface area contributed by atoms with Gasteiger partial charge in [0.2, 0.25) is 0 Å². The summed E-state index contributed by atoms with van der Waals surface area (Å²) in [7, 11) is 0. The Labute approximate surface area is 179 Å². The van der Waals surface area contributed by atoms with Crippen molar-refractivity contribution in [3.63, 3.8) is 0 Å². The van der Waals surface area contributed by atoms with Gasteiger partial charge in [-0.05, 0) is 48.4 Å². The van der Waals surface area contributed by atoms with Crippen LogP contribution >= 0.6 is 0 Å². The maximum atomic E-state index is 11.5. The molecular formula is C24H21N3O4. The molecule has 0 aliphatic carbocycles. The number of carbonyl (C=O) groups excluding carboxylic acids is 1. The molecule has 0 saturated heterocycles. The van der Waals surface area contributed by atoms with Crippen molar-refractivity contribution in [1.29, 1.82) is 0 Å². The SMILES string of the molecule is CC(=O)C[C@H](O)c1ccc2c(c1)C1(COC(N)=N1)c1cc(-c3cccnc3)ccc1O2. The summed E-state index contributed by atoms with van der Waals surface area (Å²) in [5, 5.41) is 10.5. The Morgan fingerprint density at radius 3 is 2.61 bits per heavy atom. The number of aliphatic imine (C=N–C) groups is 1. The number of ether oxygens (including phenoxy) is 2. The van der Waals surface area contributed by atoms with Gasteiger partial charge in [-0.15, -0.1) is 0 Å². The molecule has 7 heteroatoms. The van der Waals surface area contributed by atoms with Crippen molar-refractivity contribution in [2.45, 2.75) is 25.0 Å². The van der Waals surface area contributed by atoms with E-state index in [1.807, 2.05) is 36.4 Å². The minimum Gasteiger partial charge on any atom is -0.462 e. The lowest BCUT2D eigenvalue weighted by atomic mass is 9.79. The zero-order chi connectivity index (χ0) is 21.6. The number of pyridine rings is 1. The van der Waals surface area contributed by atoms with Crippen molar-refractivity contribution < 1.29 is 19.4 Å². The van der Waals surface area contributed by atoms with E-state index in [-0.39, 0.29) is 24.8 Å². The molecule has 1 spiro atoms. The molecule has 156 valence electrons. The van der Waals surface area contributed by atoms with Crippen molar-refractivity contribution in [1.82, 2.24) is 4.98 Å². The summed E-state index contributed by atoms with van der Waals surface area (Å²) in [6.07, 6.45) is 2.65. The Morgan fingerprint density at radius 1 is 1.16 bits per heavy atom. The van der Waals surface area contributed by atoms with Gasteiger partial charge >= 0.3 is 0 Å². The van der Waals surface area contributed by atoms with Gasteiger partial charge in [0.1, 0.15) is 23.9 Å². The number of hydrogen-bond donors (Lipinski definition) is 2. The van der Waals surface area contributed by atoms with Crippen LogP contribution in [-0.2, 0) is 15.1 Å². The minimum absolute atomic E-state index is 0.0380. The van der Waals surface area contributed by atoms with E-state index in [9.17, 15) is 9.90 Å². The fourth-order valence-electron chi connectivity index (χ4n) is 4.18. The highest BCUT2D eigenvalue weighted by molar-refractivity contribution is 5.78. The number of benzene rings is 2. The normalized spacial score (nSPS) is 19.6. The number of aliphatic hydroxyl groups is 1.